The number of aryl methyl sites for hydroxylation is 3. The maximum atomic E-state index is 12.4. The van der Waals surface area contributed by atoms with Crippen molar-refractivity contribution in [3.05, 3.63) is 65.5 Å². The molecule has 27 heavy (non-hydrogen) atoms. The van der Waals surface area contributed by atoms with E-state index in [4.69, 9.17) is 0 Å². The number of rotatable bonds is 7. The number of carbonyl (C=O) groups is 1. The summed E-state index contributed by atoms with van der Waals surface area (Å²) in [5, 5.41) is 12.1. The maximum Gasteiger partial charge on any atom is 0.234 e. The molecule has 0 aliphatic rings. The zero-order chi connectivity index (χ0) is 19.2. The third-order valence-corrected chi connectivity index (χ3v) is 5.33. The summed E-state index contributed by atoms with van der Waals surface area (Å²) in [5.74, 6) is 1.04. The van der Waals surface area contributed by atoms with E-state index >= 15 is 0 Å². The van der Waals surface area contributed by atoms with Gasteiger partial charge in [-0.1, -0.05) is 55.9 Å². The van der Waals surface area contributed by atoms with Gasteiger partial charge in [-0.25, -0.2) is 0 Å². The molecule has 140 valence electrons. The summed E-state index contributed by atoms with van der Waals surface area (Å²) in [6.07, 6.45) is 1.88. The quantitative estimate of drug-likeness (QED) is 0.616. The molecular formula is C21H24N4OS. The van der Waals surface area contributed by atoms with Gasteiger partial charge in [-0.3, -0.25) is 9.36 Å². The number of anilines is 1. The van der Waals surface area contributed by atoms with Crippen LogP contribution >= 0.6 is 11.8 Å². The molecule has 3 aromatic rings. The number of nitrogens with one attached hydrogen (secondary N) is 1. The van der Waals surface area contributed by atoms with Crippen molar-refractivity contribution >= 4 is 23.4 Å². The van der Waals surface area contributed by atoms with Crippen LogP contribution in [-0.2, 0) is 17.6 Å². The monoisotopic (exact) mass is 380 g/mol. The number of hydrogen-bond acceptors (Lipinski definition) is 4. The molecular weight excluding hydrogens is 356 g/mol. The van der Waals surface area contributed by atoms with Crippen LogP contribution in [0.25, 0.3) is 5.69 Å². The summed E-state index contributed by atoms with van der Waals surface area (Å²) in [6, 6.07) is 16.2. The van der Waals surface area contributed by atoms with E-state index in [1.165, 1.54) is 17.3 Å². The molecule has 0 atom stereocenters. The van der Waals surface area contributed by atoms with Crippen LogP contribution < -0.4 is 5.32 Å². The van der Waals surface area contributed by atoms with Gasteiger partial charge in [-0.15, -0.1) is 10.2 Å². The minimum absolute atomic E-state index is 0.0468. The highest BCUT2D eigenvalue weighted by molar-refractivity contribution is 7.99. The van der Waals surface area contributed by atoms with Crippen molar-refractivity contribution in [2.24, 2.45) is 0 Å². The molecule has 1 aromatic heterocycles. The zero-order valence-electron chi connectivity index (χ0n) is 15.9. The number of hydrogen-bond donors (Lipinski definition) is 1. The Balaban J connectivity index is 1.70. The lowest BCUT2D eigenvalue weighted by Gasteiger charge is -2.11. The largest absolute Gasteiger partial charge is 0.325 e. The summed E-state index contributed by atoms with van der Waals surface area (Å²) >= 11 is 1.39. The smallest absolute Gasteiger partial charge is 0.234 e. The standard InChI is InChI=1S/C21H24N4OS/c1-4-16-10-12-18(13-11-16)25-15(3)23-24-21(25)27-14-20(26)22-19-9-7-6-8-17(19)5-2/h6-13H,4-5,14H2,1-3H3,(H,22,26). The Bertz CT molecular complexity index is 918. The molecule has 0 bridgehead atoms. The molecule has 0 spiro atoms. The molecule has 1 amide bonds. The molecule has 2 aromatic carbocycles. The topological polar surface area (TPSA) is 59.8 Å². The van der Waals surface area contributed by atoms with E-state index in [1.54, 1.807) is 0 Å². The predicted molar refractivity (Wildman–Crippen MR) is 111 cm³/mol. The van der Waals surface area contributed by atoms with Crippen LogP contribution in [0.3, 0.4) is 0 Å². The highest BCUT2D eigenvalue weighted by atomic mass is 32.2. The summed E-state index contributed by atoms with van der Waals surface area (Å²) in [7, 11) is 0. The first-order valence-corrected chi connectivity index (χ1v) is 10.1. The number of nitrogens with zero attached hydrogens (tertiary/aromatic N) is 3. The fourth-order valence-corrected chi connectivity index (χ4v) is 3.68. The molecule has 0 fully saturated rings. The Labute approximate surface area is 164 Å². The van der Waals surface area contributed by atoms with Gasteiger partial charge in [0.15, 0.2) is 5.16 Å². The number of para-hydroxylation sites is 1. The molecule has 5 nitrogen and oxygen atoms in total. The summed E-state index contributed by atoms with van der Waals surface area (Å²) in [4.78, 5) is 12.4. The number of benzene rings is 2. The summed E-state index contributed by atoms with van der Waals surface area (Å²) in [6.45, 7) is 6.13. The lowest BCUT2D eigenvalue weighted by Crippen LogP contribution is -2.15. The van der Waals surface area contributed by atoms with Gasteiger partial charge >= 0.3 is 0 Å². The van der Waals surface area contributed by atoms with Crippen molar-refractivity contribution in [3.8, 4) is 5.69 Å². The van der Waals surface area contributed by atoms with E-state index in [0.717, 1.165) is 40.8 Å². The minimum Gasteiger partial charge on any atom is -0.325 e. The van der Waals surface area contributed by atoms with Gasteiger partial charge in [-0.05, 0) is 49.1 Å². The van der Waals surface area contributed by atoms with Gasteiger partial charge in [0.05, 0.1) is 5.75 Å². The summed E-state index contributed by atoms with van der Waals surface area (Å²) in [5.41, 5.74) is 4.30. The number of carbonyl (C=O) groups excluding carboxylic acids is 1. The van der Waals surface area contributed by atoms with Gasteiger partial charge in [-0.2, -0.15) is 0 Å². The molecule has 0 saturated carbocycles. The van der Waals surface area contributed by atoms with Crippen LogP contribution in [0.1, 0.15) is 30.8 Å². The van der Waals surface area contributed by atoms with Crippen LogP contribution in [0.4, 0.5) is 5.69 Å². The van der Waals surface area contributed by atoms with E-state index in [0.29, 0.717) is 0 Å². The van der Waals surface area contributed by atoms with Crippen molar-refractivity contribution in [2.45, 2.75) is 38.8 Å². The van der Waals surface area contributed by atoms with E-state index in [2.05, 4.69) is 53.6 Å². The van der Waals surface area contributed by atoms with Gasteiger partial charge in [0, 0.05) is 11.4 Å². The Morgan fingerprint density at radius 1 is 1.04 bits per heavy atom. The fourth-order valence-electron chi connectivity index (χ4n) is 2.88. The second-order valence-corrected chi connectivity index (χ2v) is 7.18. The second kappa shape index (κ2) is 8.86. The zero-order valence-corrected chi connectivity index (χ0v) is 16.7. The Morgan fingerprint density at radius 2 is 1.78 bits per heavy atom. The molecule has 6 heteroatoms. The lowest BCUT2D eigenvalue weighted by molar-refractivity contribution is -0.113. The van der Waals surface area contributed by atoms with Crippen LogP contribution in [0, 0.1) is 6.92 Å². The lowest BCUT2D eigenvalue weighted by atomic mass is 10.1. The van der Waals surface area contributed by atoms with E-state index in [-0.39, 0.29) is 11.7 Å². The maximum absolute atomic E-state index is 12.4. The predicted octanol–water partition coefficient (Wildman–Crippen LogP) is 4.43. The minimum atomic E-state index is -0.0468. The number of aromatic nitrogens is 3. The normalized spacial score (nSPS) is 10.8. The first-order valence-electron chi connectivity index (χ1n) is 9.14. The molecule has 3 rings (SSSR count). The van der Waals surface area contributed by atoms with Crippen LogP contribution in [0.2, 0.25) is 0 Å². The fraction of sp³-hybridized carbons (Fsp3) is 0.286. The Morgan fingerprint density at radius 3 is 2.48 bits per heavy atom. The molecule has 1 heterocycles. The Hall–Kier alpha value is -2.60. The van der Waals surface area contributed by atoms with Crippen LogP contribution in [-0.4, -0.2) is 26.4 Å². The van der Waals surface area contributed by atoms with Gasteiger partial charge in [0.1, 0.15) is 5.82 Å². The third-order valence-electron chi connectivity index (χ3n) is 4.40. The van der Waals surface area contributed by atoms with Crippen molar-refractivity contribution in [2.75, 3.05) is 11.1 Å². The van der Waals surface area contributed by atoms with E-state index < -0.39 is 0 Å². The van der Waals surface area contributed by atoms with Gasteiger partial charge < -0.3 is 5.32 Å². The van der Waals surface area contributed by atoms with Crippen molar-refractivity contribution in [1.82, 2.24) is 14.8 Å². The van der Waals surface area contributed by atoms with E-state index in [9.17, 15) is 4.79 Å². The molecule has 0 unspecified atom stereocenters. The highest BCUT2D eigenvalue weighted by Crippen LogP contribution is 2.23. The van der Waals surface area contributed by atoms with E-state index in [1.807, 2.05) is 35.8 Å². The first-order chi connectivity index (χ1) is 13.1. The van der Waals surface area contributed by atoms with Crippen molar-refractivity contribution < 1.29 is 4.79 Å². The van der Waals surface area contributed by atoms with Gasteiger partial charge in [0.25, 0.3) is 0 Å². The number of amides is 1. The van der Waals surface area contributed by atoms with Crippen LogP contribution in [0.15, 0.2) is 53.7 Å². The van der Waals surface area contributed by atoms with Crippen molar-refractivity contribution in [3.63, 3.8) is 0 Å². The van der Waals surface area contributed by atoms with Crippen molar-refractivity contribution in [1.29, 1.82) is 0 Å². The van der Waals surface area contributed by atoms with Gasteiger partial charge in [0.2, 0.25) is 5.91 Å². The average molecular weight is 381 g/mol. The molecule has 0 aliphatic heterocycles. The SMILES string of the molecule is CCc1ccc(-n2c(C)nnc2SCC(=O)Nc2ccccc2CC)cc1. The molecule has 0 radical (unpaired) electrons. The second-order valence-electron chi connectivity index (χ2n) is 6.23. The van der Waals surface area contributed by atoms with Crippen LogP contribution in [0.5, 0.6) is 0 Å². The third kappa shape index (κ3) is 4.57. The molecule has 1 N–H and O–H groups in total. The Kier molecular flexibility index (Phi) is 6.29. The first kappa shape index (κ1) is 19.2. The summed E-state index contributed by atoms with van der Waals surface area (Å²) < 4.78 is 1.98. The molecule has 0 aliphatic carbocycles. The number of thioether (sulfide) groups is 1. The molecule has 0 saturated heterocycles. The highest BCUT2D eigenvalue weighted by Gasteiger charge is 2.14. The average Bonchev–Trinajstić information content (AvgIpc) is 3.07.